The smallest absolute Gasteiger partial charge is 0.253 e. The van der Waals surface area contributed by atoms with Gasteiger partial charge in [0.15, 0.2) is 0 Å². The average molecular weight is 363 g/mol. The number of hydrogen-bond donors (Lipinski definition) is 1. The van der Waals surface area contributed by atoms with Gasteiger partial charge in [-0.05, 0) is 43.4 Å². The van der Waals surface area contributed by atoms with Crippen LogP contribution in [0.25, 0.3) is 0 Å². The molecule has 0 radical (unpaired) electrons. The predicted octanol–water partition coefficient (Wildman–Crippen LogP) is 2.92. The number of nitrogens with one attached hydrogen (secondary N) is 1. The number of piperidine rings is 1. The summed E-state index contributed by atoms with van der Waals surface area (Å²) in [6, 6.07) is 13.7. The van der Waals surface area contributed by atoms with Crippen molar-refractivity contribution in [3.05, 3.63) is 65.5 Å². The number of carbonyl (C=O) groups is 2. The van der Waals surface area contributed by atoms with E-state index in [-0.39, 0.29) is 23.3 Å². The van der Waals surface area contributed by atoms with E-state index in [0.29, 0.717) is 18.7 Å². The van der Waals surface area contributed by atoms with Crippen LogP contribution in [0, 0.1) is 0 Å². The Kier molecular flexibility index (Phi) is 4.68. The molecule has 1 aromatic heterocycles. The second-order valence-corrected chi connectivity index (χ2v) is 7.62. The van der Waals surface area contributed by atoms with Gasteiger partial charge in [-0.25, -0.2) is 0 Å². The number of aryl methyl sites for hydroxylation is 1. The van der Waals surface area contributed by atoms with E-state index in [1.54, 1.807) is 12.3 Å². The number of aromatic nitrogens is 1. The van der Waals surface area contributed by atoms with E-state index in [1.807, 2.05) is 48.2 Å². The third kappa shape index (κ3) is 3.46. The zero-order valence-electron chi connectivity index (χ0n) is 15.6. The molecule has 4 rings (SSSR count). The van der Waals surface area contributed by atoms with Crippen molar-refractivity contribution in [3.63, 3.8) is 0 Å². The van der Waals surface area contributed by atoms with Crippen molar-refractivity contribution in [2.75, 3.05) is 13.1 Å². The number of nitrogens with zero attached hydrogens (tertiary/aromatic N) is 2. The highest BCUT2D eigenvalue weighted by molar-refractivity contribution is 5.94. The van der Waals surface area contributed by atoms with Crippen molar-refractivity contribution in [2.45, 2.75) is 44.1 Å². The minimum atomic E-state index is -0.179. The number of likely N-dealkylation sites (tertiary alicyclic amines) is 1. The first-order valence-electron chi connectivity index (χ1n) is 9.71. The molecule has 2 aromatic rings. The summed E-state index contributed by atoms with van der Waals surface area (Å²) in [5.74, 6) is 0.0920. The van der Waals surface area contributed by atoms with Gasteiger partial charge in [0, 0.05) is 36.1 Å². The Balaban J connectivity index is 1.43. The lowest BCUT2D eigenvalue weighted by atomic mass is 9.82. The number of pyridine rings is 1. The summed E-state index contributed by atoms with van der Waals surface area (Å²) >= 11 is 0. The number of amides is 2. The zero-order valence-corrected chi connectivity index (χ0v) is 15.6. The molecule has 27 heavy (non-hydrogen) atoms. The van der Waals surface area contributed by atoms with Gasteiger partial charge in [-0.2, -0.15) is 0 Å². The van der Waals surface area contributed by atoms with Crippen molar-refractivity contribution in [1.29, 1.82) is 0 Å². The minimum absolute atomic E-state index is 0.0610. The lowest BCUT2D eigenvalue weighted by Crippen LogP contribution is -2.52. The van der Waals surface area contributed by atoms with E-state index in [1.165, 1.54) is 0 Å². The summed E-state index contributed by atoms with van der Waals surface area (Å²) in [6.07, 6.45) is 4.95. The van der Waals surface area contributed by atoms with Crippen LogP contribution in [-0.2, 0) is 11.2 Å². The molecule has 1 N–H and O–H groups in total. The molecule has 0 saturated carbocycles. The molecule has 5 heteroatoms. The Morgan fingerprint density at radius 1 is 1.22 bits per heavy atom. The van der Waals surface area contributed by atoms with Gasteiger partial charge in [-0.1, -0.05) is 37.3 Å². The molecule has 1 atom stereocenters. The maximum Gasteiger partial charge on any atom is 0.253 e. The lowest BCUT2D eigenvalue weighted by molar-refractivity contribution is -0.121. The number of hydrogen-bond acceptors (Lipinski definition) is 3. The maximum atomic E-state index is 12.8. The molecule has 2 saturated heterocycles. The van der Waals surface area contributed by atoms with Crippen LogP contribution >= 0.6 is 0 Å². The Morgan fingerprint density at radius 3 is 2.67 bits per heavy atom. The second kappa shape index (κ2) is 7.14. The molecule has 140 valence electrons. The third-order valence-corrected chi connectivity index (χ3v) is 5.94. The van der Waals surface area contributed by atoms with Gasteiger partial charge in [0.2, 0.25) is 5.91 Å². The van der Waals surface area contributed by atoms with Crippen LogP contribution in [0.4, 0.5) is 0 Å². The monoisotopic (exact) mass is 363 g/mol. The van der Waals surface area contributed by atoms with Gasteiger partial charge in [0.25, 0.3) is 5.91 Å². The van der Waals surface area contributed by atoms with E-state index >= 15 is 0 Å². The van der Waals surface area contributed by atoms with Crippen LogP contribution in [-0.4, -0.2) is 40.3 Å². The molecule has 2 amide bonds. The molecule has 2 aliphatic heterocycles. The Morgan fingerprint density at radius 2 is 1.96 bits per heavy atom. The van der Waals surface area contributed by atoms with E-state index in [9.17, 15) is 9.59 Å². The van der Waals surface area contributed by atoms with Gasteiger partial charge in [0.1, 0.15) is 0 Å². The van der Waals surface area contributed by atoms with Gasteiger partial charge < -0.3 is 10.2 Å². The predicted molar refractivity (Wildman–Crippen MR) is 103 cm³/mol. The van der Waals surface area contributed by atoms with Gasteiger partial charge in [-0.3, -0.25) is 14.6 Å². The lowest BCUT2D eigenvalue weighted by Gasteiger charge is -2.39. The standard InChI is InChI=1S/C22H25N3O2/c1-2-18-14-17(8-11-23-18)21(27)25-12-9-22(10-13-25)15-19(20(26)24-22)16-6-4-3-5-7-16/h3-8,11,14,19H,2,9-10,12-13,15H2,1H3,(H,24,26). The summed E-state index contributed by atoms with van der Waals surface area (Å²) in [7, 11) is 0. The summed E-state index contributed by atoms with van der Waals surface area (Å²) < 4.78 is 0. The summed E-state index contributed by atoms with van der Waals surface area (Å²) in [5.41, 5.74) is 2.54. The first-order chi connectivity index (χ1) is 13.1. The first kappa shape index (κ1) is 17.7. The molecule has 5 nitrogen and oxygen atoms in total. The van der Waals surface area contributed by atoms with Crippen molar-refractivity contribution in [1.82, 2.24) is 15.2 Å². The van der Waals surface area contributed by atoms with Gasteiger partial charge in [0.05, 0.1) is 5.92 Å². The van der Waals surface area contributed by atoms with Crippen LogP contribution in [0.15, 0.2) is 48.7 Å². The van der Waals surface area contributed by atoms with Crippen molar-refractivity contribution in [3.8, 4) is 0 Å². The molecule has 0 aliphatic carbocycles. The second-order valence-electron chi connectivity index (χ2n) is 7.62. The quantitative estimate of drug-likeness (QED) is 0.912. The largest absolute Gasteiger partial charge is 0.350 e. The molecular formula is C22H25N3O2. The molecular weight excluding hydrogens is 338 g/mol. The topological polar surface area (TPSA) is 62.3 Å². The fourth-order valence-corrected chi connectivity index (χ4v) is 4.29. The highest BCUT2D eigenvalue weighted by atomic mass is 16.2. The molecule has 2 fully saturated rings. The van der Waals surface area contributed by atoms with E-state index in [2.05, 4.69) is 10.3 Å². The van der Waals surface area contributed by atoms with Gasteiger partial charge >= 0.3 is 0 Å². The summed E-state index contributed by atoms with van der Waals surface area (Å²) in [5, 5.41) is 3.25. The third-order valence-electron chi connectivity index (χ3n) is 5.94. The molecule has 1 spiro atoms. The summed E-state index contributed by atoms with van der Waals surface area (Å²) in [4.78, 5) is 31.6. The molecule has 2 aliphatic rings. The molecule has 1 aromatic carbocycles. The zero-order chi connectivity index (χ0) is 18.9. The fourth-order valence-electron chi connectivity index (χ4n) is 4.29. The highest BCUT2D eigenvalue weighted by Crippen LogP contribution is 2.39. The maximum absolute atomic E-state index is 12.8. The molecule has 0 bridgehead atoms. The average Bonchev–Trinajstić information content (AvgIpc) is 3.04. The Hall–Kier alpha value is -2.69. The van der Waals surface area contributed by atoms with Crippen molar-refractivity contribution < 1.29 is 9.59 Å². The first-order valence-corrected chi connectivity index (χ1v) is 9.71. The Labute approximate surface area is 159 Å². The van der Waals surface area contributed by atoms with E-state index in [0.717, 1.165) is 36.9 Å². The highest BCUT2D eigenvalue weighted by Gasteiger charge is 2.46. The molecule has 1 unspecified atom stereocenters. The van der Waals surface area contributed by atoms with Crippen molar-refractivity contribution in [2.24, 2.45) is 0 Å². The van der Waals surface area contributed by atoms with Crippen LogP contribution in [0.3, 0.4) is 0 Å². The number of carbonyl (C=O) groups excluding carboxylic acids is 2. The van der Waals surface area contributed by atoms with Crippen LogP contribution in [0.5, 0.6) is 0 Å². The van der Waals surface area contributed by atoms with Crippen LogP contribution < -0.4 is 5.32 Å². The fraction of sp³-hybridized carbons (Fsp3) is 0.409. The number of benzene rings is 1. The summed E-state index contributed by atoms with van der Waals surface area (Å²) in [6.45, 7) is 3.38. The number of rotatable bonds is 3. The van der Waals surface area contributed by atoms with Crippen LogP contribution in [0.1, 0.15) is 53.7 Å². The van der Waals surface area contributed by atoms with Gasteiger partial charge in [-0.15, -0.1) is 0 Å². The van der Waals surface area contributed by atoms with E-state index < -0.39 is 0 Å². The molecule has 3 heterocycles. The van der Waals surface area contributed by atoms with Crippen molar-refractivity contribution >= 4 is 11.8 Å². The normalized spacial score (nSPS) is 21.3. The van der Waals surface area contributed by atoms with E-state index in [4.69, 9.17) is 0 Å². The van der Waals surface area contributed by atoms with Crippen LogP contribution in [0.2, 0.25) is 0 Å². The SMILES string of the molecule is CCc1cc(C(=O)N2CCC3(CC2)CC(c2ccccc2)C(=O)N3)ccn1. The Bertz CT molecular complexity index is 842. The minimum Gasteiger partial charge on any atom is -0.350 e.